The van der Waals surface area contributed by atoms with Gasteiger partial charge in [-0.3, -0.25) is 0 Å². The Bertz CT molecular complexity index is 661. The quantitative estimate of drug-likeness (QED) is 0.357. The maximum Gasteiger partial charge on any atom is 1.00 e. The first-order valence-electron chi connectivity index (χ1n) is 4.97. The van der Waals surface area contributed by atoms with Crippen LogP contribution in [0.25, 0.3) is 0 Å². The molecule has 0 amide bonds. The molecule has 0 saturated carbocycles. The first-order chi connectivity index (χ1) is 9.59. The number of rotatable bonds is 5. The molecule has 0 bridgehead atoms. The van der Waals surface area contributed by atoms with Crippen molar-refractivity contribution in [2.24, 2.45) is 0 Å². The summed E-state index contributed by atoms with van der Waals surface area (Å²) in [6.07, 6.45) is 0. The summed E-state index contributed by atoms with van der Waals surface area (Å²) in [5, 5.41) is 44.5. The molecule has 0 aliphatic carbocycles. The van der Waals surface area contributed by atoms with Gasteiger partial charge < -0.3 is 27.0 Å². The molecule has 5 N–H and O–H groups in total. The Morgan fingerprint density at radius 3 is 1.05 bits per heavy atom. The first kappa shape index (κ1) is 19.6. The number of benzene rings is 1. The fourth-order valence-electron chi connectivity index (χ4n) is 1.68. The zero-order chi connectivity index (χ0) is 16.5. The van der Waals surface area contributed by atoms with Gasteiger partial charge in [0.2, 0.25) is 0 Å². The number of aromatic carboxylic acids is 5. The van der Waals surface area contributed by atoms with Crippen molar-refractivity contribution >= 4 is 29.8 Å². The van der Waals surface area contributed by atoms with E-state index in [0.29, 0.717) is 6.07 Å². The Morgan fingerprint density at radius 2 is 0.864 bits per heavy atom. The minimum absolute atomic E-state index is 0. The topological polar surface area (TPSA) is 186 Å². The maximum atomic E-state index is 11.1. The van der Waals surface area contributed by atoms with Crippen molar-refractivity contribution in [3.8, 4) is 0 Å². The van der Waals surface area contributed by atoms with Crippen LogP contribution in [0.2, 0.25) is 0 Å². The third kappa shape index (κ3) is 3.42. The number of hydrogen-bond acceptors (Lipinski definition) is 5. The number of carbonyl (C=O) groups is 5. The summed E-state index contributed by atoms with van der Waals surface area (Å²) in [6.45, 7) is 0. The smallest absolute Gasteiger partial charge is 1.00 e. The SMILES string of the molecule is O=C(O)c1cc(C(=O)O)c(C(=O)O)c(C(=O)O)c1C(=O)O.[H-].[Na+]. The van der Waals surface area contributed by atoms with Crippen molar-refractivity contribution in [2.75, 3.05) is 0 Å². The van der Waals surface area contributed by atoms with Gasteiger partial charge in [-0.25, -0.2) is 24.0 Å². The molecular weight excluding hydrogens is 315 g/mol. The minimum atomic E-state index is -2.07. The Labute approximate surface area is 144 Å². The van der Waals surface area contributed by atoms with E-state index in [0.717, 1.165) is 0 Å². The van der Waals surface area contributed by atoms with Gasteiger partial charge in [-0.15, -0.1) is 0 Å². The van der Waals surface area contributed by atoms with Crippen LogP contribution in [0, 0.1) is 0 Å². The average molecular weight is 322 g/mol. The van der Waals surface area contributed by atoms with Crippen LogP contribution in [0.3, 0.4) is 0 Å². The summed E-state index contributed by atoms with van der Waals surface area (Å²) in [5.41, 5.74) is -6.30. The van der Waals surface area contributed by atoms with Gasteiger partial charge >= 0.3 is 59.4 Å². The average Bonchev–Trinajstić information content (AvgIpc) is 2.34. The molecule has 0 aliphatic rings. The predicted octanol–water partition coefficient (Wildman–Crippen LogP) is -2.71. The van der Waals surface area contributed by atoms with Crippen LogP contribution in [0.15, 0.2) is 6.07 Å². The van der Waals surface area contributed by atoms with Crippen molar-refractivity contribution < 1.29 is 80.5 Å². The molecule has 1 rings (SSSR count). The van der Waals surface area contributed by atoms with E-state index in [9.17, 15) is 24.0 Å². The van der Waals surface area contributed by atoms with Gasteiger partial charge in [-0.1, -0.05) is 0 Å². The van der Waals surface area contributed by atoms with E-state index in [1.165, 1.54) is 0 Å². The van der Waals surface area contributed by atoms with Crippen LogP contribution in [0.5, 0.6) is 0 Å². The minimum Gasteiger partial charge on any atom is -1.00 e. The largest absolute Gasteiger partial charge is 1.00 e. The normalized spacial score (nSPS) is 9.45. The van der Waals surface area contributed by atoms with Crippen LogP contribution in [0.4, 0.5) is 0 Å². The molecule has 11 heteroatoms. The fraction of sp³-hybridized carbons (Fsp3) is 0. The second-order valence-electron chi connectivity index (χ2n) is 3.62. The molecule has 10 nitrogen and oxygen atoms in total. The molecule has 112 valence electrons. The summed E-state index contributed by atoms with van der Waals surface area (Å²) >= 11 is 0. The van der Waals surface area contributed by atoms with E-state index < -0.39 is 57.7 Å². The van der Waals surface area contributed by atoms with Crippen LogP contribution in [-0.4, -0.2) is 55.4 Å². The van der Waals surface area contributed by atoms with E-state index >= 15 is 0 Å². The molecule has 0 radical (unpaired) electrons. The summed E-state index contributed by atoms with van der Waals surface area (Å²) in [6, 6.07) is 0.296. The van der Waals surface area contributed by atoms with Gasteiger partial charge in [0.05, 0.1) is 27.8 Å². The summed E-state index contributed by atoms with van der Waals surface area (Å²) in [7, 11) is 0. The number of carboxylic acids is 5. The van der Waals surface area contributed by atoms with E-state index in [4.69, 9.17) is 25.5 Å². The van der Waals surface area contributed by atoms with Gasteiger partial charge in [0.1, 0.15) is 0 Å². The van der Waals surface area contributed by atoms with Crippen molar-refractivity contribution in [3.05, 3.63) is 33.9 Å². The molecule has 0 saturated heterocycles. The summed E-state index contributed by atoms with van der Waals surface area (Å²) < 4.78 is 0. The zero-order valence-corrected chi connectivity index (χ0v) is 12.9. The molecule has 1 aromatic rings. The van der Waals surface area contributed by atoms with Crippen molar-refractivity contribution in [3.63, 3.8) is 0 Å². The predicted molar refractivity (Wildman–Crippen MR) is 62.4 cm³/mol. The Morgan fingerprint density at radius 1 is 0.591 bits per heavy atom. The fourth-order valence-corrected chi connectivity index (χ4v) is 1.68. The molecule has 0 atom stereocenters. The molecule has 0 spiro atoms. The molecule has 1 aromatic carbocycles. The van der Waals surface area contributed by atoms with E-state index in [1.807, 2.05) is 0 Å². The molecule has 22 heavy (non-hydrogen) atoms. The van der Waals surface area contributed by atoms with Crippen LogP contribution in [-0.2, 0) is 0 Å². The Balaban J connectivity index is 0. The molecule has 0 aliphatic heterocycles. The Hall–Kier alpha value is -2.43. The van der Waals surface area contributed by atoms with E-state index in [-0.39, 0.29) is 31.0 Å². The van der Waals surface area contributed by atoms with Gasteiger partial charge in [0.15, 0.2) is 0 Å². The standard InChI is InChI=1S/C11H6O10.Na.H/c12-7(13)2-1-3(8(14)15)5(10(18)19)6(11(20)21)4(2)9(16)17;;/h1H,(H,12,13)(H,14,15)(H,16,17)(H,18,19)(H,20,21);;/q;+1;-1. The third-order valence-corrected chi connectivity index (χ3v) is 2.43. The number of hydrogen-bond donors (Lipinski definition) is 5. The third-order valence-electron chi connectivity index (χ3n) is 2.43. The van der Waals surface area contributed by atoms with Gasteiger partial charge in [0.25, 0.3) is 0 Å². The van der Waals surface area contributed by atoms with Crippen molar-refractivity contribution in [2.45, 2.75) is 0 Å². The van der Waals surface area contributed by atoms with Crippen molar-refractivity contribution in [1.29, 1.82) is 0 Å². The molecular formula is C11H7NaO10. The zero-order valence-electron chi connectivity index (χ0n) is 11.9. The second kappa shape index (κ2) is 7.02. The van der Waals surface area contributed by atoms with Gasteiger partial charge in [0, 0.05) is 0 Å². The first-order valence-corrected chi connectivity index (χ1v) is 4.97. The maximum absolute atomic E-state index is 11.1. The van der Waals surface area contributed by atoms with Crippen LogP contribution < -0.4 is 29.6 Å². The molecule has 0 heterocycles. The monoisotopic (exact) mass is 322 g/mol. The van der Waals surface area contributed by atoms with E-state index in [2.05, 4.69) is 0 Å². The molecule has 0 aromatic heterocycles. The number of carboxylic acid groups (broad SMARTS) is 5. The molecule has 0 fully saturated rings. The van der Waals surface area contributed by atoms with Gasteiger partial charge in [-0.2, -0.15) is 0 Å². The van der Waals surface area contributed by atoms with Crippen LogP contribution in [0.1, 0.15) is 53.2 Å². The van der Waals surface area contributed by atoms with Crippen molar-refractivity contribution in [1.82, 2.24) is 0 Å². The summed E-state index contributed by atoms with van der Waals surface area (Å²) in [5.74, 6) is -9.91. The molecule has 0 unspecified atom stereocenters. The van der Waals surface area contributed by atoms with E-state index in [1.54, 1.807) is 0 Å². The van der Waals surface area contributed by atoms with Gasteiger partial charge in [-0.05, 0) is 6.07 Å². The Kier molecular flexibility index (Phi) is 6.25. The summed E-state index contributed by atoms with van der Waals surface area (Å²) in [4.78, 5) is 55.1. The van der Waals surface area contributed by atoms with Crippen LogP contribution >= 0.6 is 0 Å². The second-order valence-corrected chi connectivity index (χ2v) is 3.62.